The van der Waals surface area contributed by atoms with Gasteiger partial charge in [-0.05, 0) is 49.3 Å². The highest BCUT2D eigenvalue weighted by Crippen LogP contribution is 2.38. The molecule has 0 saturated carbocycles. The molecule has 5 nitrogen and oxygen atoms in total. The fourth-order valence-electron chi connectivity index (χ4n) is 3.01. The van der Waals surface area contributed by atoms with Gasteiger partial charge >= 0.3 is 5.97 Å². The molecule has 0 fully saturated rings. The van der Waals surface area contributed by atoms with Gasteiger partial charge in [0.2, 0.25) is 0 Å². The number of methoxy groups -OCH3 is 2. The number of carbonyl (C=O) groups excluding carboxylic acids is 1. The highest BCUT2D eigenvalue weighted by Gasteiger charge is 2.43. The number of rotatable bonds is 10. The SMILES string of the molecule is COC(=O)[C@@H]([C@H](/C=C/[Si](C)(C)C)Nc1ccc(OC)cc1)[C@H](C)O[Si](C)(C)C(C)(C)C. The molecule has 0 aliphatic rings. The molecule has 176 valence electrons. The average Bonchev–Trinajstić information content (AvgIpc) is 2.64. The molecular formula is C24H43NO4Si2. The first-order chi connectivity index (χ1) is 14.1. The van der Waals surface area contributed by atoms with Crippen LogP contribution in [-0.4, -0.2) is 48.7 Å². The predicted octanol–water partition coefficient (Wildman–Crippen LogP) is 6.11. The van der Waals surface area contributed by atoms with E-state index in [1.54, 1.807) is 7.11 Å². The summed E-state index contributed by atoms with van der Waals surface area (Å²) in [5.74, 6) is 0.0464. The lowest BCUT2D eigenvalue weighted by atomic mass is 9.94. The van der Waals surface area contributed by atoms with Gasteiger partial charge in [0, 0.05) is 5.69 Å². The van der Waals surface area contributed by atoms with Gasteiger partial charge in [-0.3, -0.25) is 4.79 Å². The monoisotopic (exact) mass is 465 g/mol. The number of hydrogen-bond donors (Lipinski definition) is 1. The van der Waals surface area contributed by atoms with Crippen LogP contribution in [0.3, 0.4) is 0 Å². The summed E-state index contributed by atoms with van der Waals surface area (Å²) in [6.07, 6.45) is 1.83. The van der Waals surface area contributed by atoms with Crippen molar-refractivity contribution < 1.29 is 18.7 Å². The van der Waals surface area contributed by atoms with Crippen LogP contribution in [0.2, 0.25) is 37.8 Å². The summed E-state index contributed by atoms with van der Waals surface area (Å²) in [5.41, 5.74) is 3.18. The molecule has 0 aliphatic heterocycles. The molecule has 0 heterocycles. The minimum atomic E-state index is -2.07. The average molecular weight is 466 g/mol. The highest BCUT2D eigenvalue weighted by molar-refractivity contribution is 6.81. The third-order valence-electron chi connectivity index (χ3n) is 5.88. The Morgan fingerprint density at radius 2 is 1.58 bits per heavy atom. The molecule has 3 atom stereocenters. The summed E-state index contributed by atoms with van der Waals surface area (Å²) < 4.78 is 17.1. The maximum Gasteiger partial charge on any atom is 0.313 e. The summed E-state index contributed by atoms with van der Waals surface area (Å²) in [7, 11) is -0.452. The zero-order valence-corrected chi connectivity index (χ0v) is 23.3. The normalized spacial score (nSPS) is 16.0. The van der Waals surface area contributed by atoms with Crippen LogP contribution in [0.4, 0.5) is 5.69 Å². The lowest BCUT2D eigenvalue weighted by Crippen LogP contribution is -2.49. The Morgan fingerprint density at radius 3 is 2.00 bits per heavy atom. The van der Waals surface area contributed by atoms with E-state index >= 15 is 0 Å². The fourth-order valence-corrected chi connectivity index (χ4v) is 5.23. The Balaban J connectivity index is 3.33. The van der Waals surface area contributed by atoms with E-state index in [1.807, 2.05) is 31.2 Å². The number of esters is 1. The van der Waals surface area contributed by atoms with Gasteiger partial charge in [0.05, 0.1) is 34.4 Å². The van der Waals surface area contributed by atoms with Crippen molar-refractivity contribution in [1.82, 2.24) is 0 Å². The van der Waals surface area contributed by atoms with E-state index in [1.165, 1.54) is 7.11 Å². The van der Waals surface area contributed by atoms with Gasteiger partial charge in [-0.25, -0.2) is 0 Å². The summed E-state index contributed by atoms with van der Waals surface area (Å²) in [6, 6.07) is 7.48. The van der Waals surface area contributed by atoms with Crippen LogP contribution in [0.15, 0.2) is 36.0 Å². The topological polar surface area (TPSA) is 56.8 Å². The molecule has 0 bridgehead atoms. The molecule has 7 heteroatoms. The van der Waals surface area contributed by atoms with Crippen molar-refractivity contribution in [2.45, 2.75) is 77.6 Å². The Labute approximate surface area is 191 Å². The van der Waals surface area contributed by atoms with Gasteiger partial charge in [0.15, 0.2) is 8.32 Å². The van der Waals surface area contributed by atoms with Crippen molar-refractivity contribution in [2.75, 3.05) is 19.5 Å². The quantitative estimate of drug-likeness (QED) is 0.334. The largest absolute Gasteiger partial charge is 0.497 e. The lowest BCUT2D eigenvalue weighted by Gasteiger charge is -2.41. The summed E-state index contributed by atoms with van der Waals surface area (Å²) in [5, 5.41) is 3.59. The van der Waals surface area contributed by atoms with Crippen molar-refractivity contribution in [3.8, 4) is 5.75 Å². The van der Waals surface area contributed by atoms with Crippen molar-refractivity contribution in [2.24, 2.45) is 5.92 Å². The minimum Gasteiger partial charge on any atom is -0.497 e. The Morgan fingerprint density at radius 1 is 1.03 bits per heavy atom. The molecule has 1 rings (SSSR count). The number of anilines is 1. The van der Waals surface area contributed by atoms with Gasteiger partial charge < -0.3 is 19.2 Å². The second-order valence-electron chi connectivity index (χ2n) is 10.8. The smallest absolute Gasteiger partial charge is 0.313 e. The standard InChI is InChI=1S/C24H43NO4Si2/c1-18(29-31(10,11)24(2,3)4)22(23(26)28-6)21(16-17-30(7,8)9)25-19-12-14-20(27-5)15-13-19/h12-18,21-22,25H,1-11H3/b17-16+/t18-,21-,22+/m0/s1. The summed E-state index contributed by atoms with van der Waals surface area (Å²) in [6.45, 7) is 19.9. The van der Waals surface area contributed by atoms with E-state index in [0.717, 1.165) is 11.4 Å². The second-order valence-corrected chi connectivity index (χ2v) is 20.6. The number of hydrogen-bond acceptors (Lipinski definition) is 5. The van der Waals surface area contributed by atoms with E-state index in [2.05, 4.69) is 70.6 Å². The van der Waals surface area contributed by atoms with Crippen LogP contribution in [0, 0.1) is 5.92 Å². The molecule has 1 aromatic carbocycles. The lowest BCUT2D eigenvalue weighted by molar-refractivity contribution is -0.148. The van der Waals surface area contributed by atoms with Crippen molar-refractivity contribution in [3.63, 3.8) is 0 Å². The molecule has 0 unspecified atom stereocenters. The number of ether oxygens (including phenoxy) is 2. The van der Waals surface area contributed by atoms with E-state index in [4.69, 9.17) is 13.9 Å². The molecule has 31 heavy (non-hydrogen) atoms. The van der Waals surface area contributed by atoms with E-state index in [9.17, 15) is 4.79 Å². The number of carbonyl (C=O) groups is 1. The van der Waals surface area contributed by atoms with E-state index < -0.39 is 22.3 Å². The first-order valence-corrected chi connectivity index (χ1v) is 17.5. The molecule has 0 saturated heterocycles. The molecule has 0 spiro atoms. The van der Waals surface area contributed by atoms with Gasteiger partial charge in [-0.1, -0.05) is 52.2 Å². The van der Waals surface area contributed by atoms with Crippen LogP contribution < -0.4 is 10.1 Å². The van der Waals surface area contributed by atoms with Crippen LogP contribution in [0.1, 0.15) is 27.7 Å². The molecule has 0 aromatic heterocycles. The third-order valence-corrected chi connectivity index (χ3v) is 11.6. The number of nitrogens with one attached hydrogen (secondary N) is 1. The maximum atomic E-state index is 13.0. The van der Waals surface area contributed by atoms with Gasteiger partial charge in [-0.15, -0.1) is 0 Å². The Kier molecular flexibility index (Phi) is 9.59. The van der Waals surface area contributed by atoms with E-state index in [0.29, 0.717) is 0 Å². The zero-order chi connectivity index (χ0) is 24.0. The van der Waals surface area contributed by atoms with Gasteiger partial charge in [-0.2, -0.15) is 0 Å². The van der Waals surface area contributed by atoms with Gasteiger partial charge in [0.1, 0.15) is 11.7 Å². The van der Waals surface area contributed by atoms with Crippen molar-refractivity contribution in [3.05, 3.63) is 36.0 Å². The molecule has 0 aliphatic carbocycles. The Hall–Kier alpha value is -1.58. The minimum absolute atomic E-state index is 0.0506. The van der Waals surface area contributed by atoms with Crippen LogP contribution in [0.25, 0.3) is 0 Å². The van der Waals surface area contributed by atoms with Gasteiger partial charge in [0.25, 0.3) is 0 Å². The highest BCUT2D eigenvalue weighted by atomic mass is 28.4. The van der Waals surface area contributed by atoms with Crippen LogP contribution >= 0.6 is 0 Å². The first-order valence-electron chi connectivity index (χ1n) is 11.0. The molecule has 1 N–H and O–H groups in total. The first kappa shape index (κ1) is 27.5. The molecular weight excluding hydrogens is 422 g/mol. The van der Waals surface area contributed by atoms with Crippen LogP contribution in [0.5, 0.6) is 5.75 Å². The van der Waals surface area contributed by atoms with Crippen LogP contribution in [-0.2, 0) is 14.0 Å². The fraction of sp³-hybridized carbons (Fsp3) is 0.625. The van der Waals surface area contributed by atoms with Crippen molar-refractivity contribution in [1.29, 1.82) is 0 Å². The molecule has 0 radical (unpaired) electrons. The Bertz CT molecular complexity index is 733. The molecule has 0 amide bonds. The third kappa shape index (κ3) is 8.46. The van der Waals surface area contributed by atoms with Crippen molar-refractivity contribution >= 4 is 28.0 Å². The molecule has 1 aromatic rings. The predicted molar refractivity (Wildman–Crippen MR) is 136 cm³/mol. The van der Waals surface area contributed by atoms with E-state index in [-0.39, 0.29) is 23.2 Å². The number of benzene rings is 1. The second kappa shape index (κ2) is 10.8. The summed E-state index contributed by atoms with van der Waals surface area (Å²) >= 11 is 0. The zero-order valence-electron chi connectivity index (χ0n) is 21.3. The maximum absolute atomic E-state index is 13.0. The summed E-state index contributed by atoms with van der Waals surface area (Å²) in [4.78, 5) is 13.0.